The van der Waals surface area contributed by atoms with Crippen molar-refractivity contribution >= 4 is 57.2 Å². The van der Waals surface area contributed by atoms with Crippen molar-refractivity contribution in [3.63, 3.8) is 0 Å². The zero-order valence-corrected chi connectivity index (χ0v) is 43.0. The first-order chi connectivity index (χ1) is 32.1. The average molecular weight is 889 g/mol. The van der Waals surface area contributed by atoms with Gasteiger partial charge in [-0.05, 0) is 167 Å². The predicted molar refractivity (Wildman–Crippen MR) is 293 cm³/mol. The molecule has 2 heterocycles. The van der Waals surface area contributed by atoms with E-state index in [2.05, 4.69) is 233 Å². The highest BCUT2D eigenvalue weighted by atomic mass is 15.2. The molecule has 5 aliphatic rings. The van der Waals surface area contributed by atoms with Crippen molar-refractivity contribution in [2.24, 2.45) is 0 Å². The Bertz CT molecular complexity index is 3260. The second-order valence-corrected chi connectivity index (χ2v) is 25.5. The minimum Gasteiger partial charge on any atom is -0.311 e. The second kappa shape index (κ2) is 14.2. The molecule has 0 radical (unpaired) electrons. The highest BCUT2D eigenvalue weighted by Gasteiger charge is 2.49. The van der Waals surface area contributed by atoms with Gasteiger partial charge in [-0.1, -0.05) is 181 Å². The van der Waals surface area contributed by atoms with Crippen LogP contribution in [0.1, 0.15) is 155 Å². The van der Waals surface area contributed by atoms with Crippen molar-refractivity contribution in [1.29, 1.82) is 0 Å². The summed E-state index contributed by atoms with van der Waals surface area (Å²) in [5.41, 5.74) is 27.3. The zero-order valence-electron chi connectivity index (χ0n) is 43.0. The molecule has 7 aromatic rings. The van der Waals surface area contributed by atoms with Gasteiger partial charge in [0.2, 0.25) is 0 Å². The van der Waals surface area contributed by atoms with Crippen LogP contribution in [0.3, 0.4) is 0 Å². The van der Waals surface area contributed by atoms with E-state index in [9.17, 15) is 0 Å². The van der Waals surface area contributed by atoms with Crippen LogP contribution in [0.5, 0.6) is 0 Å². The molecule has 7 aromatic carbocycles. The van der Waals surface area contributed by atoms with Crippen molar-refractivity contribution < 1.29 is 0 Å². The van der Waals surface area contributed by atoms with Gasteiger partial charge >= 0.3 is 0 Å². The van der Waals surface area contributed by atoms with E-state index in [0.29, 0.717) is 0 Å². The Kier molecular flexibility index (Phi) is 9.05. The van der Waals surface area contributed by atoms with Gasteiger partial charge < -0.3 is 9.80 Å². The van der Waals surface area contributed by atoms with Crippen molar-refractivity contribution in [2.75, 3.05) is 9.80 Å². The molecule has 2 nitrogen and oxygen atoms in total. The fourth-order valence-corrected chi connectivity index (χ4v) is 13.5. The first kappa shape index (κ1) is 43.5. The first-order valence-corrected chi connectivity index (χ1v) is 25.6. The third-order valence-corrected chi connectivity index (χ3v) is 17.9. The molecule has 0 bridgehead atoms. The molecule has 0 N–H and O–H groups in total. The van der Waals surface area contributed by atoms with Gasteiger partial charge in [-0.15, -0.1) is 0 Å². The lowest BCUT2D eigenvalue weighted by molar-refractivity contribution is 0.332. The number of fused-ring (bicyclic) bond motifs is 9. The van der Waals surface area contributed by atoms with E-state index in [1.807, 2.05) is 0 Å². The molecule has 12 rings (SSSR count). The van der Waals surface area contributed by atoms with Gasteiger partial charge in [0.1, 0.15) is 0 Å². The van der Waals surface area contributed by atoms with Crippen molar-refractivity contribution in [3.05, 3.63) is 172 Å². The molecule has 0 saturated heterocycles. The van der Waals surface area contributed by atoms with E-state index in [4.69, 9.17) is 0 Å². The summed E-state index contributed by atoms with van der Waals surface area (Å²) in [6.45, 7) is 31.9. The van der Waals surface area contributed by atoms with E-state index in [-0.39, 0.29) is 39.2 Å². The predicted octanol–water partition coefficient (Wildman–Crippen LogP) is 15.7. The largest absolute Gasteiger partial charge is 0.311 e. The number of hydrogen-bond donors (Lipinski definition) is 0. The van der Waals surface area contributed by atoms with Crippen molar-refractivity contribution in [1.82, 2.24) is 0 Å². The highest BCUT2D eigenvalue weighted by Crippen LogP contribution is 2.57. The molecule has 0 spiro atoms. The van der Waals surface area contributed by atoms with E-state index >= 15 is 0 Å². The summed E-state index contributed by atoms with van der Waals surface area (Å²) < 4.78 is 0. The van der Waals surface area contributed by atoms with Gasteiger partial charge in [0.05, 0.1) is 5.69 Å². The summed E-state index contributed by atoms with van der Waals surface area (Å²) in [6.07, 6.45) is 4.72. The molecule has 0 unspecified atom stereocenters. The summed E-state index contributed by atoms with van der Waals surface area (Å²) in [6, 6.07) is 52.9. The fourth-order valence-electron chi connectivity index (χ4n) is 13.5. The number of rotatable bonds is 3. The number of benzene rings is 7. The molecule has 68 heavy (non-hydrogen) atoms. The van der Waals surface area contributed by atoms with Crippen LogP contribution in [0.25, 0.3) is 22.3 Å². The van der Waals surface area contributed by atoms with E-state index in [0.717, 1.165) is 0 Å². The lowest BCUT2D eigenvalue weighted by Gasteiger charge is -2.48. The minimum absolute atomic E-state index is 0.00908. The summed E-state index contributed by atoms with van der Waals surface area (Å²) in [4.78, 5) is 5.42. The standard InChI is InChI=1S/C65H69BN2/c1-60(2,3)42-35-56-59-57(36-42)68(54-25-19-24-47-58(54)44-22-17-18-23-45(44)65(47,12)13)53-29-26-41(40-20-15-14-16-21-40)34-51(53)66(59)52-38-49-50(64(10,11)33-32-63(49,8)9)39-55(52)67(56)43-27-28-46-48(37-43)62(6,7)31-30-61(46,4)5/h14-29,34-39H,30-33H2,1-13H3. The molecular formula is C65H69BN2. The van der Waals surface area contributed by atoms with Crippen LogP contribution >= 0.6 is 0 Å². The molecule has 2 aliphatic heterocycles. The Morgan fingerprint density at radius 3 is 1.66 bits per heavy atom. The van der Waals surface area contributed by atoms with Crippen LogP contribution in [-0.2, 0) is 32.5 Å². The third kappa shape index (κ3) is 6.15. The normalized spacial score (nSPS) is 19.2. The summed E-state index contributed by atoms with van der Waals surface area (Å²) in [7, 11) is 0. The third-order valence-electron chi connectivity index (χ3n) is 17.9. The van der Waals surface area contributed by atoms with Crippen LogP contribution in [0.2, 0.25) is 0 Å². The maximum atomic E-state index is 2.73. The van der Waals surface area contributed by atoms with E-state index in [1.165, 1.54) is 137 Å². The topological polar surface area (TPSA) is 6.48 Å². The van der Waals surface area contributed by atoms with Crippen molar-refractivity contribution in [2.45, 2.75) is 148 Å². The smallest absolute Gasteiger partial charge is 0.252 e. The van der Waals surface area contributed by atoms with Crippen LogP contribution in [0.4, 0.5) is 34.1 Å². The Morgan fingerprint density at radius 2 is 0.985 bits per heavy atom. The van der Waals surface area contributed by atoms with Crippen molar-refractivity contribution in [3.8, 4) is 22.3 Å². The van der Waals surface area contributed by atoms with Gasteiger partial charge in [-0.25, -0.2) is 0 Å². The number of nitrogens with zero attached hydrogens (tertiary/aromatic N) is 2. The lowest BCUT2D eigenvalue weighted by Crippen LogP contribution is -2.62. The van der Waals surface area contributed by atoms with Gasteiger partial charge in [0, 0.05) is 39.4 Å². The van der Waals surface area contributed by atoms with Gasteiger partial charge in [-0.2, -0.15) is 0 Å². The second-order valence-electron chi connectivity index (χ2n) is 25.5. The zero-order chi connectivity index (χ0) is 47.7. The lowest BCUT2D eigenvalue weighted by atomic mass is 9.33. The minimum atomic E-state index is -0.128. The molecule has 342 valence electrons. The molecule has 0 amide bonds. The Hall–Kier alpha value is -5.80. The molecule has 0 aromatic heterocycles. The Labute approximate surface area is 407 Å². The SMILES string of the molecule is CC(C)(C)c1cc2c3c(c1)N(c1cccc4c1-c1ccccc1C4(C)C)c1ccc(-c4ccccc4)cc1B3c1cc3c(cc1N2c1ccc2c(c1)C(C)(C)CCC2(C)C)C(C)(C)CCC3(C)C. The van der Waals surface area contributed by atoms with Gasteiger partial charge in [0.25, 0.3) is 6.71 Å². The first-order valence-electron chi connectivity index (χ1n) is 25.6. The van der Waals surface area contributed by atoms with Gasteiger partial charge in [-0.3, -0.25) is 0 Å². The highest BCUT2D eigenvalue weighted by molar-refractivity contribution is 7.00. The molecule has 0 fully saturated rings. The Balaban J connectivity index is 1.24. The van der Waals surface area contributed by atoms with Gasteiger partial charge in [0.15, 0.2) is 0 Å². The average Bonchev–Trinajstić information content (AvgIpc) is 3.54. The molecular weight excluding hydrogens is 820 g/mol. The monoisotopic (exact) mass is 889 g/mol. The van der Waals surface area contributed by atoms with Crippen LogP contribution in [-0.4, -0.2) is 6.71 Å². The van der Waals surface area contributed by atoms with Crippen LogP contribution in [0.15, 0.2) is 133 Å². The summed E-state index contributed by atoms with van der Waals surface area (Å²) in [5, 5.41) is 0. The molecule has 3 aliphatic carbocycles. The van der Waals surface area contributed by atoms with Crippen LogP contribution < -0.4 is 26.2 Å². The molecule has 0 atom stereocenters. The Morgan fingerprint density at radius 1 is 0.412 bits per heavy atom. The van der Waals surface area contributed by atoms with E-state index < -0.39 is 0 Å². The quantitative estimate of drug-likeness (QED) is 0.163. The number of anilines is 6. The molecule has 3 heteroatoms. The maximum Gasteiger partial charge on any atom is 0.252 e. The summed E-state index contributed by atoms with van der Waals surface area (Å²) >= 11 is 0. The number of hydrogen-bond acceptors (Lipinski definition) is 2. The van der Waals surface area contributed by atoms with E-state index in [1.54, 1.807) is 0 Å². The summed E-state index contributed by atoms with van der Waals surface area (Å²) in [5.74, 6) is 0. The maximum absolute atomic E-state index is 2.73. The fraction of sp³-hybridized carbons (Fsp3) is 0.354. The molecule has 0 saturated carbocycles. The van der Waals surface area contributed by atoms with Crippen LogP contribution in [0, 0.1) is 0 Å².